The Labute approximate surface area is 165 Å². The fourth-order valence-corrected chi connectivity index (χ4v) is 3.84. The van der Waals surface area contributed by atoms with E-state index < -0.39 is 5.54 Å². The van der Waals surface area contributed by atoms with Crippen molar-refractivity contribution < 1.29 is 9.59 Å². The van der Waals surface area contributed by atoms with E-state index in [1.807, 2.05) is 38.4 Å². The molecule has 28 heavy (non-hydrogen) atoms. The molecule has 1 atom stereocenters. The normalized spacial score (nSPS) is 19.6. The first-order valence-electron chi connectivity index (χ1n) is 10.00. The number of nitrogens with zero attached hydrogens (tertiary/aromatic N) is 5. The molecule has 0 bridgehead atoms. The van der Waals surface area contributed by atoms with Crippen LogP contribution >= 0.6 is 0 Å². The molecular weight excluding hydrogens is 356 g/mol. The molecule has 1 unspecified atom stereocenters. The Hall–Kier alpha value is -2.64. The highest BCUT2D eigenvalue weighted by Crippen LogP contribution is 2.29. The van der Waals surface area contributed by atoms with E-state index in [-0.39, 0.29) is 11.8 Å². The van der Waals surface area contributed by atoms with Gasteiger partial charge in [0.15, 0.2) is 0 Å². The van der Waals surface area contributed by atoms with Crippen LogP contribution in [-0.4, -0.2) is 54.9 Å². The number of aromatic nitrogens is 4. The summed E-state index contributed by atoms with van der Waals surface area (Å²) < 4.78 is 3.61. The number of likely N-dealkylation sites (tertiary alicyclic amines) is 1. The third kappa shape index (κ3) is 3.95. The van der Waals surface area contributed by atoms with Gasteiger partial charge in [-0.15, -0.1) is 0 Å². The van der Waals surface area contributed by atoms with Crippen molar-refractivity contribution in [2.24, 2.45) is 0 Å². The SMILES string of the molecule is CCn1ccc(C(=O)N2CCCCC2(C)C(=O)NCCn2nc(C)cc2C)n1. The van der Waals surface area contributed by atoms with Crippen molar-refractivity contribution in [2.45, 2.75) is 65.6 Å². The summed E-state index contributed by atoms with van der Waals surface area (Å²) in [5.74, 6) is -0.292. The molecule has 1 aliphatic heterocycles. The van der Waals surface area contributed by atoms with Gasteiger partial charge in [0.2, 0.25) is 5.91 Å². The predicted molar refractivity (Wildman–Crippen MR) is 106 cm³/mol. The van der Waals surface area contributed by atoms with Gasteiger partial charge in [0.25, 0.3) is 5.91 Å². The molecule has 2 amide bonds. The second-order valence-electron chi connectivity index (χ2n) is 7.65. The summed E-state index contributed by atoms with van der Waals surface area (Å²) in [6.45, 7) is 10.1. The van der Waals surface area contributed by atoms with Gasteiger partial charge in [-0.25, -0.2) is 0 Å². The number of nitrogens with one attached hydrogen (secondary N) is 1. The van der Waals surface area contributed by atoms with Crippen LogP contribution in [0.15, 0.2) is 18.3 Å². The van der Waals surface area contributed by atoms with Gasteiger partial charge in [-0.3, -0.25) is 19.0 Å². The van der Waals surface area contributed by atoms with E-state index in [0.29, 0.717) is 38.3 Å². The molecule has 0 aliphatic carbocycles. The predicted octanol–water partition coefficient (Wildman–Crippen LogP) is 1.92. The Kier molecular flexibility index (Phi) is 5.86. The lowest BCUT2D eigenvalue weighted by Crippen LogP contribution is -2.61. The zero-order valence-corrected chi connectivity index (χ0v) is 17.2. The van der Waals surface area contributed by atoms with Crippen molar-refractivity contribution in [2.75, 3.05) is 13.1 Å². The van der Waals surface area contributed by atoms with E-state index in [1.54, 1.807) is 21.8 Å². The summed E-state index contributed by atoms with van der Waals surface area (Å²) in [4.78, 5) is 27.8. The van der Waals surface area contributed by atoms with Crippen molar-refractivity contribution in [1.29, 1.82) is 0 Å². The average Bonchev–Trinajstić information content (AvgIpc) is 3.27. The van der Waals surface area contributed by atoms with Crippen LogP contribution in [0.5, 0.6) is 0 Å². The second kappa shape index (κ2) is 8.16. The maximum atomic E-state index is 13.0. The first kappa shape index (κ1) is 20.1. The number of aryl methyl sites for hydroxylation is 3. The monoisotopic (exact) mass is 386 g/mol. The topological polar surface area (TPSA) is 85.0 Å². The fraction of sp³-hybridized carbons (Fsp3) is 0.600. The number of hydrogen-bond acceptors (Lipinski definition) is 4. The smallest absolute Gasteiger partial charge is 0.275 e. The van der Waals surface area contributed by atoms with E-state index in [2.05, 4.69) is 15.5 Å². The van der Waals surface area contributed by atoms with Crippen molar-refractivity contribution in [3.63, 3.8) is 0 Å². The van der Waals surface area contributed by atoms with Crippen molar-refractivity contribution in [3.05, 3.63) is 35.4 Å². The van der Waals surface area contributed by atoms with Gasteiger partial charge < -0.3 is 10.2 Å². The molecule has 0 spiro atoms. The lowest BCUT2D eigenvalue weighted by Gasteiger charge is -2.43. The van der Waals surface area contributed by atoms with Gasteiger partial charge in [0.05, 0.1) is 12.2 Å². The molecule has 8 nitrogen and oxygen atoms in total. The Morgan fingerprint density at radius 1 is 1.25 bits per heavy atom. The highest BCUT2D eigenvalue weighted by atomic mass is 16.2. The molecule has 1 aliphatic rings. The third-order valence-corrected chi connectivity index (χ3v) is 5.52. The molecule has 152 valence electrons. The van der Waals surface area contributed by atoms with Crippen LogP contribution in [0.1, 0.15) is 55.0 Å². The minimum absolute atomic E-state index is 0.114. The fourth-order valence-electron chi connectivity index (χ4n) is 3.84. The number of piperidine rings is 1. The summed E-state index contributed by atoms with van der Waals surface area (Å²) in [5, 5.41) is 11.8. The Morgan fingerprint density at radius 3 is 2.68 bits per heavy atom. The minimum Gasteiger partial charge on any atom is -0.352 e. The van der Waals surface area contributed by atoms with Crippen LogP contribution in [0.25, 0.3) is 0 Å². The summed E-state index contributed by atoms with van der Waals surface area (Å²) in [7, 11) is 0. The second-order valence-corrected chi connectivity index (χ2v) is 7.65. The molecule has 2 aromatic heterocycles. The van der Waals surface area contributed by atoms with Gasteiger partial charge in [-0.05, 0) is 59.1 Å². The molecule has 3 heterocycles. The number of carbonyl (C=O) groups excluding carboxylic acids is 2. The number of rotatable bonds is 6. The molecule has 8 heteroatoms. The van der Waals surface area contributed by atoms with Crippen LogP contribution in [0.3, 0.4) is 0 Å². The van der Waals surface area contributed by atoms with E-state index in [0.717, 1.165) is 24.2 Å². The maximum absolute atomic E-state index is 13.0. The molecule has 0 aromatic carbocycles. The van der Waals surface area contributed by atoms with E-state index >= 15 is 0 Å². The lowest BCUT2D eigenvalue weighted by atomic mass is 9.87. The first-order valence-corrected chi connectivity index (χ1v) is 10.00. The zero-order valence-electron chi connectivity index (χ0n) is 17.2. The molecule has 1 N–H and O–H groups in total. The van der Waals surface area contributed by atoms with Gasteiger partial charge >= 0.3 is 0 Å². The van der Waals surface area contributed by atoms with Gasteiger partial charge in [0.1, 0.15) is 11.2 Å². The summed E-state index contributed by atoms with van der Waals surface area (Å²) >= 11 is 0. The number of amides is 2. The standard InChI is InChI=1S/C20H30N6O2/c1-5-24-12-8-17(23-24)18(27)25-11-7-6-9-20(25,4)19(28)21-10-13-26-16(3)14-15(2)22-26/h8,12,14H,5-7,9-11,13H2,1-4H3,(H,21,28). The van der Waals surface area contributed by atoms with Crippen LogP contribution in [0, 0.1) is 13.8 Å². The largest absolute Gasteiger partial charge is 0.352 e. The van der Waals surface area contributed by atoms with Crippen molar-refractivity contribution in [3.8, 4) is 0 Å². The number of hydrogen-bond donors (Lipinski definition) is 1. The maximum Gasteiger partial charge on any atom is 0.275 e. The Bertz CT molecular complexity index is 855. The quantitative estimate of drug-likeness (QED) is 0.822. The van der Waals surface area contributed by atoms with Crippen LogP contribution in [-0.2, 0) is 17.9 Å². The molecule has 1 fully saturated rings. The Morgan fingerprint density at radius 2 is 2.04 bits per heavy atom. The van der Waals surface area contributed by atoms with E-state index in [9.17, 15) is 9.59 Å². The zero-order chi connectivity index (χ0) is 20.3. The molecule has 1 saturated heterocycles. The number of carbonyl (C=O) groups is 2. The molecule has 2 aromatic rings. The van der Waals surface area contributed by atoms with Gasteiger partial charge in [0, 0.05) is 31.5 Å². The molecule has 0 saturated carbocycles. The van der Waals surface area contributed by atoms with Crippen LogP contribution in [0.4, 0.5) is 0 Å². The van der Waals surface area contributed by atoms with Crippen molar-refractivity contribution in [1.82, 2.24) is 29.8 Å². The van der Waals surface area contributed by atoms with E-state index in [4.69, 9.17) is 0 Å². The van der Waals surface area contributed by atoms with Crippen LogP contribution in [0.2, 0.25) is 0 Å². The molecule has 3 rings (SSSR count). The van der Waals surface area contributed by atoms with Crippen molar-refractivity contribution >= 4 is 11.8 Å². The highest BCUT2D eigenvalue weighted by Gasteiger charge is 2.44. The van der Waals surface area contributed by atoms with Gasteiger partial charge in [-0.2, -0.15) is 10.2 Å². The highest BCUT2D eigenvalue weighted by molar-refractivity contribution is 5.98. The van der Waals surface area contributed by atoms with Crippen LogP contribution < -0.4 is 5.32 Å². The van der Waals surface area contributed by atoms with E-state index in [1.165, 1.54) is 0 Å². The summed E-state index contributed by atoms with van der Waals surface area (Å²) in [6.07, 6.45) is 4.27. The third-order valence-electron chi connectivity index (χ3n) is 5.52. The minimum atomic E-state index is -0.861. The Balaban J connectivity index is 1.68. The molecule has 0 radical (unpaired) electrons. The van der Waals surface area contributed by atoms with Gasteiger partial charge in [-0.1, -0.05) is 0 Å². The first-order chi connectivity index (χ1) is 13.3. The summed E-state index contributed by atoms with van der Waals surface area (Å²) in [6, 6.07) is 3.74. The molecular formula is C20H30N6O2. The summed E-state index contributed by atoms with van der Waals surface area (Å²) in [5.41, 5.74) is 1.57. The average molecular weight is 387 g/mol. The lowest BCUT2D eigenvalue weighted by molar-refractivity contribution is -0.133.